The lowest BCUT2D eigenvalue weighted by molar-refractivity contribution is 0.182. The molecule has 1 heterocycles. The van der Waals surface area contributed by atoms with Gasteiger partial charge in [-0.3, -0.25) is 0 Å². The maximum absolute atomic E-state index is 4.85. The van der Waals surface area contributed by atoms with Crippen LogP contribution in [0.2, 0.25) is 0 Å². The maximum Gasteiger partial charge on any atom is 0.0944 e. The molecule has 0 atom stereocenters. The molecule has 1 aliphatic carbocycles. The van der Waals surface area contributed by atoms with Crippen LogP contribution in [0.5, 0.6) is 0 Å². The van der Waals surface area contributed by atoms with Crippen LogP contribution in [0.15, 0.2) is 24.3 Å². The molecule has 1 saturated carbocycles. The van der Waals surface area contributed by atoms with Gasteiger partial charge in [-0.15, -0.1) is 11.3 Å². The molecule has 1 aliphatic rings. The molecule has 1 aromatic carbocycles. The highest BCUT2D eigenvalue weighted by atomic mass is 32.1. The standard InChI is InChI=1S/C17H24N2S/c1-2-18-13-17(10-6-3-7-11-17)12-16-19-14-8-4-5-9-15(14)20-16/h4-5,8-9,18H,2-3,6-7,10-13H2,1H3. The third-order valence-electron chi connectivity index (χ3n) is 4.53. The third kappa shape index (κ3) is 3.04. The van der Waals surface area contributed by atoms with Crippen LogP contribution >= 0.6 is 11.3 Å². The zero-order valence-corrected chi connectivity index (χ0v) is 13.1. The fourth-order valence-corrected chi connectivity index (χ4v) is 4.57. The first-order valence-electron chi connectivity index (χ1n) is 7.86. The van der Waals surface area contributed by atoms with Crippen LogP contribution in [-0.2, 0) is 6.42 Å². The topological polar surface area (TPSA) is 24.9 Å². The molecule has 0 unspecified atom stereocenters. The highest BCUT2D eigenvalue weighted by molar-refractivity contribution is 7.18. The fraction of sp³-hybridized carbons (Fsp3) is 0.588. The lowest BCUT2D eigenvalue weighted by atomic mass is 9.72. The van der Waals surface area contributed by atoms with Crippen molar-refractivity contribution < 1.29 is 0 Å². The predicted octanol–water partition coefficient (Wildman–Crippen LogP) is 4.40. The minimum absolute atomic E-state index is 0.447. The predicted molar refractivity (Wildman–Crippen MR) is 87.4 cm³/mol. The molecular formula is C17H24N2S. The van der Waals surface area contributed by atoms with Gasteiger partial charge in [-0.1, -0.05) is 38.3 Å². The van der Waals surface area contributed by atoms with Gasteiger partial charge < -0.3 is 5.32 Å². The van der Waals surface area contributed by atoms with Crippen molar-refractivity contribution in [1.82, 2.24) is 10.3 Å². The smallest absolute Gasteiger partial charge is 0.0944 e. The van der Waals surface area contributed by atoms with E-state index in [0.717, 1.165) is 19.5 Å². The number of fused-ring (bicyclic) bond motifs is 1. The second-order valence-corrected chi connectivity index (χ2v) is 7.21. The Morgan fingerprint density at radius 3 is 2.75 bits per heavy atom. The Labute approximate surface area is 125 Å². The lowest BCUT2D eigenvalue weighted by Gasteiger charge is -2.37. The van der Waals surface area contributed by atoms with Gasteiger partial charge in [-0.05, 0) is 36.9 Å². The highest BCUT2D eigenvalue weighted by Gasteiger charge is 2.32. The zero-order chi connectivity index (χ0) is 13.8. The summed E-state index contributed by atoms with van der Waals surface area (Å²) in [6.45, 7) is 4.43. The van der Waals surface area contributed by atoms with E-state index < -0.39 is 0 Å². The molecule has 1 N–H and O–H groups in total. The van der Waals surface area contributed by atoms with Gasteiger partial charge in [-0.2, -0.15) is 0 Å². The number of hydrogen-bond acceptors (Lipinski definition) is 3. The lowest BCUT2D eigenvalue weighted by Crippen LogP contribution is -2.37. The average molecular weight is 288 g/mol. The number of thiazole rings is 1. The van der Waals surface area contributed by atoms with Crippen molar-refractivity contribution in [3.63, 3.8) is 0 Å². The van der Waals surface area contributed by atoms with Gasteiger partial charge in [0.05, 0.1) is 15.2 Å². The highest BCUT2D eigenvalue weighted by Crippen LogP contribution is 2.40. The van der Waals surface area contributed by atoms with Crippen molar-refractivity contribution in [2.45, 2.75) is 45.4 Å². The van der Waals surface area contributed by atoms with Crippen LogP contribution in [-0.4, -0.2) is 18.1 Å². The first-order valence-corrected chi connectivity index (χ1v) is 8.68. The Bertz CT molecular complexity index is 522. The van der Waals surface area contributed by atoms with Gasteiger partial charge in [0, 0.05) is 13.0 Å². The number of benzene rings is 1. The summed E-state index contributed by atoms with van der Waals surface area (Å²) in [5, 5.41) is 4.91. The first kappa shape index (κ1) is 14.0. The van der Waals surface area contributed by atoms with Gasteiger partial charge in [0.25, 0.3) is 0 Å². The Morgan fingerprint density at radius 2 is 2.00 bits per heavy atom. The monoisotopic (exact) mass is 288 g/mol. The number of aromatic nitrogens is 1. The Hall–Kier alpha value is -0.930. The molecule has 2 aromatic rings. The van der Waals surface area contributed by atoms with Crippen LogP contribution < -0.4 is 5.32 Å². The molecule has 1 fully saturated rings. The van der Waals surface area contributed by atoms with E-state index >= 15 is 0 Å². The first-order chi connectivity index (χ1) is 9.81. The molecule has 3 rings (SSSR count). The molecule has 1 aromatic heterocycles. The van der Waals surface area contributed by atoms with Gasteiger partial charge in [0.1, 0.15) is 0 Å². The van der Waals surface area contributed by atoms with Gasteiger partial charge in [0.15, 0.2) is 0 Å². The Morgan fingerprint density at radius 1 is 1.20 bits per heavy atom. The molecule has 3 heteroatoms. The van der Waals surface area contributed by atoms with Crippen molar-refractivity contribution in [1.29, 1.82) is 0 Å². The summed E-state index contributed by atoms with van der Waals surface area (Å²) in [6, 6.07) is 8.52. The van der Waals surface area contributed by atoms with Crippen molar-refractivity contribution in [3.8, 4) is 0 Å². The van der Waals surface area contributed by atoms with Crippen LogP contribution in [0.4, 0.5) is 0 Å². The molecule has 2 nitrogen and oxygen atoms in total. The summed E-state index contributed by atoms with van der Waals surface area (Å²) in [7, 11) is 0. The van der Waals surface area contributed by atoms with Crippen molar-refractivity contribution in [2.75, 3.05) is 13.1 Å². The van der Waals surface area contributed by atoms with Gasteiger partial charge in [-0.25, -0.2) is 4.98 Å². The van der Waals surface area contributed by atoms with E-state index in [-0.39, 0.29) is 0 Å². The minimum atomic E-state index is 0.447. The fourth-order valence-electron chi connectivity index (χ4n) is 3.42. The molecule has 0 aliphatic heterocycles. The second kappa shape index (κ2) is 6.23. The SMILES string of the molecule is CCNCC1(Cc2nc3ccccc3s2)CCCCC1. The minimum Gasteiger partial charge on any atom is -0.316 e. The second-order valence-electron chi connectivity index (χ2n) is 6.09. The summed E-state index contributed by atoms with van der Waals surface area (Å²) in [5.74, 6) is 0. The largest absolute Gasteiger partial charge is 0.316 e. The van der Waals surface area contributed by atoms with Crippen LogP contribution in [0, 0.1) is 5.41 Å². The molecule has 0 amide bonds. The van der Waals surface area contributed by atoms with Crippen LogP contribution in [0.3, 0.4) is 0 Å². The average Bonchev–Trinajstić information content (AvgIpc) is 2.88. The Balaban J connectivity index is 1.80. The summed E-state index contributed by atoms with van der Waals surface area (Å²) < 4.78 is 1.33. The van der Waals surface area contributed by atoms with E-state index in [4.69, 9.17) is 4.98 Å². The number of nitrogens with one attached hydrogen (secondary N) is 1. The maximum atomic E-state index is 4.85. The van der Waals surface area contributed by atoms with E-state index in [0.29, 0.717) is 5.41 Å². The van der Waals surface area contributed by atoms with Crippen molar-refractivity contribution in [2.24, 2.45) is 5.41 Å². The summed E-state index contributed by atoms with van der Waals surface area (Å²) in [4.78, 5) is 4.85. The number of para-hydroxylation sites is 1. The van der Waals surface area contributed by atoms with Gasteiger partial charge >= 0.3 is 0 Å². The molecular weight excluding hydrogens is 264 g/mol. The summed E-state index contributed by atoms with van der Waals surface area (Å²) >= 11 is 1.88. The van der Waals surface area contributed by atoms with Crippen molar-refractivity contribution >= 4 is 21.6 Å². The number of rotatable bonds is 5. The van der Waals surface area contributed by atoms with Crippen LogP contribution in [0.1, 0.15) is 44.0 Å². The normalized spacial score (nSPS) is 18.4. The Kier molecular flexibility index (Phi) is 4.37. The molecule has 0 radical (unpaired) electrons. The number of hydrogen-bond donors (Lipinski definition) is 1. The quantitative estimate of drug-likeness (QED) is 0.882. The molecule has 0 spiro atoms. The summed E-state index contributed by atoms with van der Waals surface area (Å²) in [6.07, 6.45) is 8.05. The van der Waals surface area contributed by atoms with E-state index in [1.807, 2.05) is 11.3 Å². The molecule has 0 bridgehead atoms. The third-order valence-corrected chi connectivity index (χ3v) is 5.57. The van der Waals surface area contributed by atoms with E-state index in [9.17, 15) is 0 Å². The van der Waals surface area contributed by atoms with E-state index in [1.54, 1.807) is 0 Å². The van der Waals surface area contributed by atoms with E-state index in [2.05, 4.69) is 36.5 Å². The van der Waals surface area contributed by atoms with Crippen molar-refractivity contribution in [3.05, 3.63) is 29.3 Å². The van der Waals surface area contributed by atoms with Crippen LogP contribution in [0.25, 0.3) is 10.2 Å². The number of nitrogens with zero attached hydrogens (tertiary/aromatic N) is 1. The van der Waals surface area contributed by atoms with E-state index in [1.165, 1.54) is 47.3 Å². The zero-order valence-electron chi connectivity index (χ0n) is 12.3. The molecule has 20 heavy (non-hydrogen) atoms. The molecule has 108 valence electrons. The van der Waals surface area contributed by atoms with Gasteiger partial charge in [0.2, 0.25) is 0 Å². The summed E-state index contributed by atoms with van der Waals surface area (Å²) in [5.41, 5.74) is 1.61. The molecule has 0 saturated heterocycles.